The molecule has 0 spiro atoms. The van der Waals surface area contributed by atoms with E-state index in [1.165, 1.54) is 12.1 Å². The molecule has 0 saturated carbocycles. The molecule has 1 amide bonds. The molecule has 2 aromatic heterocycles. The van der Waals surface area contributed by atoms with Crippen molar-refractivity contribution in [1.29, 1.82) is 0 Å². The van der Waals surface area contributed by atoms with Gasteiger partial charge < -0.3 is 5.32 Å². The lowest BCUT2D eigenvalue weighted by Crippen LogP contribution is -2.10. The summed E-state index contributed by atoms with van der Waals surface area (Å²) in [7, 11) is 1.81. The van der Waals surface area contributed by atoms with Crippen LogP contribution in [0.4, 0.5) is 10.1 Å². The minimum Gasteiger partial charge on any atom is -0.319 e. The number of hydrogen-bond donors (Lipinski definition) is 1. The second kappa shape index (κ2) is 7.35. The van der Waals surface area contributed by atoms with Gasteiger partial charge in [0.2, 0.25) is 5.91 Å². The Balaban J connectivity index is 1.74. The van der Waals surface area contributed by atoms with E-state index in [-0.39, 0.29) is 11.7 Å². The highest BCUT2D eigenvalue weighted by molar-refractivity contribution is 6.02. The van der Waals surface area contributed by atoms with E-state index < -0.39 is 0 Å². The van der Waals surface area contributed by atoms with Gasteiger partial charge in [0.05, 0.1) is 29.8 Å². The first-order chi connectivity index (χ1) is 12.4. The summed E-state index contributed by atoms with van der Waals surface area (Å²) in [6.45, 7) is 3.97. The van der Waals surface area contributed by atoms with Gasteiger partial charge in [-0.3, -0.25) is 14.2 Å². The minimum absolute atomic E-state index is 0.259. The van der Waals surface area contributed by atoms with Crippen molar-refractivity contribution in [3.8, 4) is 0 Å². The van der Waals surface area contributed by atoms with E-state index in [0.717, 1.165) is 11.3 Å². The maximum Gasteiger partial charge on any atom is 0.248 e. The van der Waals surface area contributed by atoms with Crippen molar-refractivity contribution in [2.75, 3.05) is 5.32 Å². The largest absolute Gasteiger partial charge is 0.319 e. The Morgan fingerprint density at radius 3 is 2.77 bits per heavy atom. The standard InChI is InChI=1S/C19H20FN5O/c1-13-19(22-18(26)9-8-15-10-21-24(3)11-15)14(2)25(23-13)12-16-6-4-5-7-17(16)20/h4-11H,12H2,1-3H3,(H,22,26)/b9-8+. The van der Waals surface area contributed by atoms with E-state index in [2.05, 4.69) is 15.5 Å². The van der Waals surface area contributed by atoms with Crippen molar-refractivity contribution in [2.24, 2.45) is 7.05 Å². The number of rotatable bonds is 5. The molecule has 0 unspecified atom stereocenters. The van der Waals surface area contributed by atoms with Crippen LogP contribution < -0.4 is 5.32 Å². The van der Waals surface area contributed by atoms with Crippen LogP contribution in [0.1, 0.15) is 22.5 Å². The fourth-order valence-electron chi connectivity index (χ4n) is 2.68. The lowest BCUT2D eigenvalue weighted by Gasteiger charge is -2.07. The molecule has 0 bridgehead atoms. The second-order valence-corrected chi connectivity index (χ2v) is 6.06. The number of aromatic nitrogens is 4. The quantitative estimate of drug-likeness (QED) is 0.717. The molecule has 6 nitrogen and oxygen atoms in total. The number of benzene rings is 1. The predicted octanol–water partition coefficient (Wildman–Crippen LogP) is 3.07. The molecule has 0 atom stereocenters. The lowest BCUT2D eigenvalue weighted by atomic mass is 10.2. The molecule has 134 valence electrons. The van der Waals surface area contributed by atoms with Crippen LogP contribution in [0.2, 0.25) is 0 Å². The highest BCUT2D eigenvalue weighted by Crippen LogP contribution is 2.21. The first-order valence-electron chi connectivity index (χ1n) is 8.19. The Morgan fingerprint density at radius 2 is 2.08 bits per heavy atom. The summed E-state index contributed by atoms with van der Waals surface area (Å²) in [6.07, 6.45) is 6.63. The van der Waals surface area contributed by atoms with E-state index in [0.29, 0.717) is 23.5 Å². The number of nitrogens with one attached hydrogen (secondary N) is 1. The second-order valence-electron chi connectivity index (χ2n) is 6.06. The van der Waals surface area contributed by atoms with Gasteiger partial charge in [0.25, 0.3) is 0 Å². The number of carbonyl (C=O) groups is 1. The zero-order chi connectivity index (χ0) is 18.7. The molecule has 0 fully saturated rings. The number of anilines is 1. The van der Waals surface area contributed by atoms with Crippen LogP contribution in [0.5, 0.6) is 0 Å². The minimum atomic E-state index is -0.273. The summed E-state index contributed by atoms with van der Waals surface area (Å²) in [5, 5.41) is 11.3. The van der Waals surface area contributed by atoms with E-state index >= 15 is 0 Å². The van der Waals surface area contributed by atoms with E-state index in [1.54, 1.807) is 39.8 Å². The molecule has 1 aromatic carbocycles. The van der Waals surface area contributed by atoms with Gasteiger partial charge in [0.15, 0.2) is 0 Å². The molecule has 0 radical (unpaired) electrons. The molecule has 7 heteroatoms. The van der Waals surface area contributed by atoms with Crippen LogP contribution in [-0.4, -0.2) is 25.5 Å². The van der Waals surface area contributed by atoms with Gasteiger partial charge >= 0.3 is 0 Å². The average molecular weight is 353 g/mol. The maximum absolute atomic E-state index is 13.9. The number of amides is 1. The van der Waals surface area contributed by atoms with Crippen molar-refractivity contribution in [3.63, 3.8) is 0 Å². The number of halogens is 1. The van der Waals surface area contributed by atoms with Gasteiger partial charge in [-0.2, -0.15) is 10.2 Å². The Labute approximate surface area is 151 Å². The molecular formula is C19H20FN5O. The van der Waals surface area contributed by atoms with Crippen molar-refractivity contribution < 1.29 is 9.18 Å². The molecule has 1 N–H and O–H groups in total. The van der Waals surface area contributed by atoms with Crippen LogP contribution >= 0.6 is 0 Å². The molecule has 3 aromatic rings. The van der Waals surface area contributed by atoms with Crippen LogP contribution in [0, 0.1) is 19.7 Å². The summed E-state index contributed by atoms with van der Waals surface area (Å²) < 4.78 is 17.2. The van der Waals surface area contributed by atoms with E-state index in [9.17, 15) is 9.18 Å². The number of carbonyl (C=O) groups excluding carboxylic acids is 1. The van der Waals surface area contributed by atoms with Crippen molar-refractivity contribution in [3.05, 3.63) is 71.1 Å². The summed E-state index contributed by atoms with van der Waals surface area (Å²) in [5.41, 5.74) is 3.48. The smallest absolute Gasteiger partial charge is 0.248 e. The molecule has 0 saturated heterocycles. The summed E-state index contributed by atoms with van der Waals surface area (Å²) in [6, 6.07) is 6.59. The van der Waals surface area contributed by atoms with Gasteiger partial charge in [-0.25, -0.2) is 4.39 Å². The summed E-state index contributed by atoms with van der Waals surface area (Å²) in [4.78, 5) is 12.2. The third kappa shape index (κ3) is 3.88. The Morgan fingerprint density at radius 1 is 1.31 bits per heavy atom. The van der Waals surface area contributed by atoms with Crippen LogP contribution in [0.15, 0.2) is 42.7 Å². The molecule has 0 aliphatic rings. The maximum atomic E-state index is 13.9. The molecule has 3 rings (SSSR count). The number of nitrogens with zero attached hydrogens (tertiary/aromatic N) is 4. The molecule has 2 heterocycles. The molecule has 0 aliphatic carbocycles. The van der Waals surface area contributed by atoms with Crippen LogP contribution in [0.25, 0.3) is 6.08 Å². The third-order valence-electron chi connectivity index (χ3n) is 4.06. The number of aryl methyl sites for hydroxylation is 2. The van der Waals surface area contributed by atoms with Crippen molar-refractivity contribution in [1.82, 2.24) is 19.6 Å². The zero-order valence-electron chi connectivity index (χ0n) is 14.9. The van der Waals surface area contributed by atoms with Gasteiger partial charge in [-0.15, -0.1) is 0 Å². The van der Waals surface area contributed by atoms with Gasteiger partial charge in [0, 0.05) is 30.4 Å². The zero-order valence-corrected chi connectivity index (χ0v) is 14.9. The normalized spacial score (nSPS) is 11.2. The Kier molecular flexibility index (Phi) is 4.97. The van der Waals surface area contributed by atoms with Gasteiger partial charge in [-0.05, 0) is 26.0 Å². The molecule has 26 heavy (non-hydrogen) atoms. The van der Waals surface area contributed by atoms with Gasteiger partial charge in [-0.1, -0.05) is 18.2 Å². The SMILES string of the molecule is Cc1nn(Cc2ccccc2F)c(C)c1NC(=O)/C=C/c1cnn(C)c1. The Hall–Kier alpha value is -3.22. The first-order valence-corrected chi connectivity index (χ1v) is 8.19. The highest BCUT2D eigenvalue weighted by Gasteiger charge is 2.14. The van der Waals surface area contributed by atoms with Crippen molar-refractivity contribution in [2.45, 2.75) is 20.4 Å². The van der Waals surface area contributed by atoms with E-state index in [1.807, 2.05) is 27.1 Å². The molecular weight excluding hydrogens is 333 g/mol. The summed E-state index contributed by atoms with van der Waals surface area (Å²) >= 11 is 0. The fraction of sp³-hybridized carbons (Fsp3) is 0.211. The van der Waals surface area contributed by atoms with Crippen LogP contribution in [0.3, 0.4) is 0 Å². The average Bonchev–Trinajstić information content (AvgIpc) is 3.13. The summed E-state index contributed by atoms with van der Waals surface area (Å²) in [5.74, 6) is -0.532. The number of hydrogen-bond acceptors (Lipinski definition) is 3. The Bertz CT molecular complexity index is 970. The topological polar surface area (TPSA) is 64.7 Å². The third-order valence-corrected chi connectivity index (χ3v) is 4.06. The first kappa shape index (κ1) is 17.6. The van der Waals surface area contributed by atoms with E-state index in [4.69, 9.17) is 0 Å². The van der Waals surface area contributed by atoms with Crippen molar-refractivity contribution >= 4 is 17.7 Å². The lowest BCUT2D eigenvalue weighted by molar-refractivity contribution is -0.111. The van der Waals surface area contributed by atoms with Gasteiger partial charge in [0.1, 0.15) is 5.82 Å². The predicted molar refractivity (Wildman–Crippen MR) is 98.1 cm³/mol. The van der Waals surface area contributed by atoms with Crippen LogP contribution in [-0.2, 0) is 18.4 Å². The molecule has 0 aliphatic heterocycles. The fourth-order valence-corrected chi connectivity index (χ4v) is 2.68. The monoisotopic (exact) mass is 353 g/mol. The highest BCUT2D eigenvalue weighted by atomic mass is 19.1.